The average Bonchev–Trinajstić information content (AvgIpc) is 2.79. The fraction of sp³-hybridized carbons (Fsp3) is 0.238. The van der Waals surface area contributed by atoms with Gasteiger partial charge in [-0.05, 0) is 29.8 Å². The van der Waals surface area contributed by atoms with Crippen molar-refractivity contribution < 1.29 is 28.8 Å². The highest BCUT2D eigenvalue weighted by molar-refractivity contribution is 5.57. The monoisotopic (exact) mass is 414 g/mol. The molecule has 0 saturated heterocycles. The molecule has 0 aliphatic carbocycles. The molecule has 1 atom stereocenters. The number of aromatic hydroxyl groups is 1. The van der Waals surface area contributed by atoms with Crippen LogP contribution in [-0.2, 0) is 6.61 Å². The fourth-order valence-electron chi connectivity index (χ4n) is 2.99. The summed E-state index contributed by atoms with van der Waals surface area (Å²) in [6, 6.07) is 8.74. The number of pyridine rings is 1. The van der Waals surface area contributed by atoms with Crippen LogP contribution in [-0.4, -0.2) is 36.5 Å². The third kappa shape index (κ3) is 4.15. The van der Waals surface area contributed by atoms with E-state index in [9.17, 15) is 15.0 Å². The molecule has 158 valence electrons. The van der Waals surface area contributed by atoms with Gasteiger partial charge in [0.25, 0.3) is 0 Å². The number of aliphatic hydroxyl groups is 1. The number of nitrogens with one attached hydrogen (secondary N) is 1. The number of methoxy groups -OCH3 is 3. The Kier molecular flexibility index (Phi) is 6.43. The molecule has 3 aromatic rings. The van der Waals surface area contributed by atoms with Crippen LogP contribution in [0.15, 0.2) is 51.8 Å². The molecule has 0 amide bonds. The smallest absolute Gasteiger partial charge is 0.227 e. The van der Waals surface area contributed by atoms with Gasteiger partial charge in [0.15, 0.2) is 17.3 Å². The number of aromatic nitrogens is 1. The molecule has 0 fully saturated rings. The van der Waals surface area contributed by atoms with Crippen LogP contribution in [0.3, 0.4) is 0 Å². The maximum atomic E-state index is 12.2. The minimum atomic E-state index is -0.868. The van der Waals surface area contributed by atoms with Crippen molar-refractivity contribution in [2.45, 2.75) is 12.6 Å². The molecule has 0 radical (unpaired) electrons. The third-order valence-electron chi connectivity index (χ3n) is 4.40. The Balaban J connectivity index is 2.23. The lowest BCUT2D eigenvalue weighted by Crippen LogP contribution is -2.17. The largest absolute Gasteiger partial charge is 0.502 e. The fourth-order valence-corrected chi connectivity index (χ4v) is 2.99. The van der Waals surface area contributed by atoms with Gasteiger partial charge < -0.3 is 34.2 Å². The predicted molar refractivity (Wildman–Crippen MR) is 108 cm³/mol. The maximum Gasteiger partial charge on any atom is 0.227 e. The van der Waals surface area contributed by atoms with Gasteiger partial charge in [0.05, 0.1) is 21.3 Å². The Morgan fingerprint density at radius 1 is 1.10 bits per heavy atom. The molecule has 0 unspecified atom stereocenters. The van der Waals surface area contributed by atoms with Crippen molar-refractivity contribution in [3.05, 3.63) is 69.9 Å². The topological polar surface area (TPSA) is 123 Å². The maximum absolute atomic E-state index is 12.2. The molecule has 2 heterocycles. The van der Waals surface area contributed by atoms with Gasteiger partial charge >= 0.3 is 0 Å². The van der Waals surface area contributed by atoms with Crippen LogP contribution in [0.25, 0.3) is 0 Å². The first-order valence-electron chi connectivity index (χ1n) is 8.96. The summed E-state index contributed by atoms with van der Waals surface area (Å²) in [4.78, 5) is 16.5. The van der Waals surface area contributed by atoms with E-state index < -0.39 is 23.8 Å². The van der Waals surface area contributed by atoms with Gasteiger partial charge in [-0.3, -0.25) is 4.79 Å². The molecule has 1 aromatic carbocycles. The molecule has 9 heteroatoms. The van der Waals surface area contributed by atoms with E-state index in [1.165, 1.54) is 21.3 Å². The van der Waals surface area contributed by atoms with Crippen molar-refractivity contribution in [2.75, 3.05) is 26.6 Å². The lowest BCUT2D eigenvalue weighted by molar-refractivity contribution is 0.234. The first-order chi connectivity index (χ1) is 14.5. The molecule has 0 aliphatic heterocycles. The minimum Gasteiger partial charge on any atom is -0.502 e. The number of aliphatic hydroxyl groups excluding tert-OH is 1. The number of rotatable bonds is 8. The number of ether oxygens (including phenoxy) is 3. The van der Waals surface area contributed by atoms with Crippen LogP contribution in [0.2, 0.25) is 0 Å². The molecule has 0 spiro atoms. The van der Waals surface area contributed by atoms with Crippen molar-refractivity contribution in [1.82, 2.24) is 4.98 Å². The van der Waals surface area contributed by atoms with E-state index in [1.807, 2.05) is 0 Å². The summed E-state index contributed by atoms with van der Waals surface area (Å²) >= 11 is 0. The molecule has 3 N–H and O–H groups in total. The van der Waals surface area contributed by atoms with Gasteiger partial charge in [0.2, 0.25) is 16.9 Å². The van der Waals surface area contributed by atoms with E-state index >= 15 is 0 Å². The van der Waals surface area contributed by atoms with Crippen molar-refractivity contribution in [1.29, 1.82) is 0 Å². The van der Waals surface area contributed by atoms with Crippen LogP contribution in [0, 0.1) is 0 Å². The molecule has 0 saturated carbocycles. The number of hydrogen-bond acceptors (Lipinski definition) is 9. The quantitative estimate of drug-likeness (QED) is 0.510. The SMILES string of the molecule is COc1cc([C@@H](Nc2ccccn2)c2oc(CO)cc(=O)c2O)cc(OC)c1OC. The van der Waals surface area contributed by atoms with E-state index in [2.05, 4.69) is 10.3 Å². The third-order valence-corrected chi connectivity index (χ3v) is 4.40. The lowest BCUT2D eigenvalue weighted by Gasteiger charge is -2.22. The molecule has 30 heavy (non-hydrogen) atoms. The average molecular weight is 414 g/mol. The summed E-state index contributed by atoms with van der Waals surface area (Å²) in [5, 5.41) is 23.0. The van der Waals surface area contributed by atoms with E-state index in [0.717, 1.165) is 6.07 Å². The highest BCUT2D eigenvalue weighted by atomic mass is 16.5. The van der Waals surface area contributed by atoms with Crippen molar-refractivity contribution in [3.8, 4) is 23.0 Å². The highest BCUT2D eigenvalue weighted by Gasteiger charge is 2.27. The van der Waals surface area contributed by atoms with Crippen LogP contribution < -0.4 is 25.0 Å². The standard InChI is InChI=1S/C21H22N2O7/c1-27-15-8-12(9-16(28-2)20(15)29-3)18(23-17-6-4-5-7-22-17)21-19(26)14(25)10-13(11-24)30-21/h4-10,18,24,26H,11H2,1-3H3,(H,22,23)/t18-/m1/s1. The summed E-state index contributed by atoms with van der Waals surface area (Å²) in [6.45, 7) is -0.506. The number of hydrogen-bond donors (Lipinski definition) is 3. The lowest BCUT2D eigenvalue weighted by atomic mass is 10.0. The zero-order valence-corrected chi connectivity index (χ0v) is 16.7. The van der Waals surface area contributed by atoms with Gasteiger partial charge in [-0.15, -0.1) is 0 Å². The zero-order valence-electron chi connectivity index (χ0n) is 16.7. The minimum absolute atomic E-state index is 0.00747. The predicted octanol–water partition coefficient (Wildman–Crippen LogP) is 2.46. The first-order valence-corrected chi connectivity index (χ1v) is 8.96. The highest BCUT2D eigenvalue weighted by Crippen LogP contribution is 2.42. The zero-order chi connectivity index (χ0) is 21.7. The molecule has 9 nitrogen and oxygen atoms in total. The van der Waals surface area contributed by atoms with Gasteiger partial charge in [-0.25, -0.2) is 4.98 Å². The normalized spacial score (nSPS) is 11.6. The Morgan fingerprint density at radius 2 is 1.80 bits per heavy atom. The Hall–Kier alpha value is -3.72. The second-order valence-corrected chi connectivity index (χ2v) is 6.20. The molecule has 3 rings (SSSR count). The van der Waals surface area contributed by atoms with Crippen LogP contribution in [0.1, 0.15) is 23.1 Å². The van der Waals surface area contributed by atoms with Crippen molar-refractivity contribution in [3.63, 3.8) is 0 Å². The van der Waals surface area contributed by atoms with E-state index in [4.69, 9.17) is 18.6 Å². The summed E-state index contributed by atoms with van der Waals surface area (Å²) in [6.07, 6.45) is 1.59. The van der Waals surface area contributed by atoms with Crippen LogP contribution in [0.5, 0.6) is 23.0 Å². The molecule has 0 aliphatic rings. The molecular formula is C21H22N2O7. The summed E-state index contributed by atoms with van der Waals surface area (Å²) in [7, 11) is 4.44. The first kappa shape index (κ1) is 21.0. The second kappa shape index (κ2) is 9.19. The Bertz CT molecular complexity index is 1040. The Labute approximate surface area is 172 Å². The van der Waals surface area contributed by atoms with Gasteiger partial charge in [-0.2, -0.15) is 0 Å². The van der Waals surface area contributed by atoms with Gasteiger partial charge in [-0.1, -0.05) is 6.07 Å². The van der Waals surface area contributed by atoms with E-state index in [1.54, 1.807) is 36.5 Å². The van der Waals surface area contributed by atoms with Gasteiger partial charge in [0, 0.05) is 12.3 Å². The summed E-state index contributed by atoms with van der Waals surface area (Å²) < 4.78 is 21.8. The second-order valence-electron chi connectivity index (χ2n) is 6.20. The number of anilines is 1. The molecular weight excluding hydrogens is 392 g/mol. The van der Waals surface area contributed by atoms with E-state index in [0.29, 0.717) is 28.6 Å². The van der Waals surface area contributed by atoms with Crippen molar-refractivity contribution in [2.24, 2.45) is 0 Å². The van der Waals surface area contributed by atoms with Crippen LogP contribution in [0.4, 0.5) is 5.82 Å². The van der Waals surface area contributed by atoms with Crippen LogP contribution >= 0.6 is 0 Å². The molecule has 2 aromatic heterocycles. The van der Waals surface area contributed by atoms with Gasteiger partial charge in [0.1, 0.15) is 24.2 Å². The Morgan fingerprint density at radius 3 is 2.33 bits per heavy atom. The van der Waals surface area contributed by atoms with E-state index in [-0.39, 0.29) is 11.5 Å². The number of benzene rings is 1. The summed E-state index contributed by atoms with van der Waals surface area (Å²) in [5.74, 6) is 0.927. The molecule has 0 bridgehead atoms. The van der Waals surface area contributed by atoms with Crippen molar-refractivity contribution >= 4 is 5.82 Å². The number of nitrogens with zero attached hydrogens (tertiary/aromatic N) is 1. The summed E-state index contributed by atoms with van der Waals surface area (Å²) in [5.41, 5.74) is -0.149.